The van der Waals surface area contributed by atoms with E-state index in [1.54, 1.807) is 12.1 Å². The van der Waals surface area contributed by atoms with Crippen LogP contribution in [-0.4, -0.2) is 26.1 Å². The highest BCUT2D eigenvalue weighted by Crippen LogP contribution is 2.22. The van der Waals surface area contributed by atoms with Gasteiger partial charge in [-0.3, -0.25) is 4.79 Å². The minimum absolute atomic E-state index is 0.135. The van der Waals surface area contributed by atoms with Crippen molar-refractivity contribution in [3.8, 4) is 0 Å². The summed E-state index contributed by atoms with van der Waals surface area (Å²) >= 11 is 7.14. The molecule has 0 saturated heterocycles. The summed E-state index contributed by atoms with van der Waals surface area (Å²) in [5.41, 5.74) is 0.886. The molecule has 0 aromatic carbocycles. The molecular weight excluding hydrogens is 308 g/mol. The zero-order chi connectivity index (χ0) is 15.4. The Morgan fingerprint density at radius 2 is 2.10 bits per heavy atom. The van der Waals surface area contributed by atoms with Crippen molar-refractivity contribution in [2.45, 2.75) is 31.0 Å². The molecule has 0 bridgehead atoms. The van der Waals surface area contributed by atoms with Gasteiger partial charge in [0.1, 0.15) is 16.7 Å². The summed E-state index contributed by atoms with van der Waals surface area (Å²) in [5, 5.41) is 3.76. The predicted octanol–water partition coefficient (Wildman–Crippen LogP) is 3.26. The van der Waals surface area contributed by atoms with E-state index in [2.05, 4.69) is 20.3 Å². The van der Waals surface area contributed by atoms with Crippen LogP contribution in [0.2, 0.25) is 5.02 Å². The molecule has 1 amide bonds. The largest absolute Gasteiger partial charge is 0.310 e. The van der Waals surface area contributed by atoms with Gasteiger partial charge in [0.15, 0.2) is 0 Å². The van der Waals surface area contributed by atoms with Crippen molar-refractivity contribution >= 4 is 35.1 Å². The monoisotopic (exact) mass is 322 g/mol. The summed E-state index contributed by atoms with van der Waals surface area (Å²) in [6.45, 7) is 5.56. The molecule has 1 unspecified atom stereocenters. The van der Waals surface area contributed by atoms with Gasteiger partial charge < -0.3 is 5.32 Å². The van der Waals surface area contributed by atoms with Gasteiger partial charge in [-0.15, -0.1) is 0 Å². The first-order valence-electron chi connectivity index (χ1n) is 6.35. The molecule has 2 heterocycles. The zero-order valence-corrected chi connectivity index (χ0v) is 13.5. The first kappa shape index (κ1) is 15.7. The van der Waals surface area contributed by atoms with Crippen LogP contribution in [0.15, 0.2) is 29.4 Å². The molecular formula is C14H15ClN4OS. The molecule has 7 heteroatoms. The van der Waals surface area contributed by atoms with Gasteiger partial charge in [-0.25, -0.2) is 15.0 Å². The van der Waals surface area contributed by atoms with Crippen molar-refractivity contribution in [2.75, 3.05) is 5.32 Å². The fourth-order valence-corrected chi connectivity index (χ4v) is 2.72. The first-order valence-corrected chi connectivity index (χ1v) is 7.61. The van der Waals surface area contributed by atoms with Crippen LogP contribution < -0.4 is 5.32 Å². The highest BCUT2D eigenvalue weighted by molar-refractivity contribution is 8.00. The highest BCUT2D eigenvalue weighted by atomic mass is 35.5. The van der Waals surface area contributed by atoms with Gasteiger partial charge in [0.25, 0.3) is 0 Å². The van der Waals surface area contributed by atoms with E-state index in [1.807, 2.05) is 26.8 Å². The summed E-state index contributed by atoms with van der Waals surface area (Å²) in [4.78, 5) is 24.7. The van der Waals surface area contributed by atoms with Crippen LogP contribution in [0.25, 0.3) is 0 Å². The van der Waals surface area contributed by atoms with Crippen molar-refractivity contribution < 1.29 is 4.79 Å². The molecule has 2 aromatic rings. The number of carbonyl (C=O) groups is 1. The molecule has 5 nitrogen and oxygen atoms in total. The van der Waals surface area contributed by atoms with Crippen LogP contribution in [0.3, 0.4) is 0 Å². The topological polar surface area (TPSA) is 67.8 Å². The van der Waals surface area contributed by atoms with Gasteiger partial charge in [0.2, 0.25) is 5.91 Å². The summed E-state index contributed by atoms with van der Waals surface area (Å²) in [5.74, 6) is 1.04. The molecule has 0 saturated carbocycles. The molecule has 0 spiro atoms. The van der Waals surface area contributed by atoms with E-state index in [4.69, 9.17) is 11.6 Å². The number of thioether (sulfide) groups is 1. The van der Waals surface area contributed by atoms with Crippen LogP contribution in [-0.2, 0) is 4.79 Å². The Balaban J connectivity index is 2.00. The molecule has 0 aliphatic carbocycles. The lowest BCUT2D eigenvalue weighted by molar-refractivity contribution is -0.115. The van der Waals surface area contributed by atoms with Crippen molar-refractivity contribution in [3.63, 3.8) is 0 Å². The highest BCUT2D eigenvalue weighted by Gasteiger charge is 2.16. The average molecular weight is 323 g/mol. The maximum atomic E-state index is 12.1. The van der Waals surface area contributed by atoms with Crippen molar-refractivity contribution in [1.29, 1.82) is 0 Å². The minimum atomic E-state index is -0.295. The maximum absolute atomic E-state index is 12.1. The minimum Gasteiger partial charge on any atom is -0.310 e. The van der Waals surface area contributed by atoms with Crippen LogP contribution >= 0.6 is 23.4 Å². The number of rotatable bonds is 4. The van der Waals surface area contributed by atoms with E-state index >= 15 is 0 Å². The van der Waals surface area contributed by atoms with Crippen LogP contribution in [0.5, 0.6) is 0 Å². The average Bonchev–Trinajstić information content (AvgIpc) is 2.40. The maximum Gasteiger partial charge on any atom is 0.238 e. The standard InChI is InChI=1S/C14H15ClN4OS/c1-8-6-13(18-10(3)17-8)21-9(2)14(20)19-12-5-4-11(15)7-16-12/h4-7,9H,1-3H3,(H,16,19,20). The number of hydrogen-bond donors (Lipinski definition) is 1. The lowest BCUT2D eigenvalue weighted by atomic mass is 10.4. The van der Waals surface area contributed by atoms with E-state index in [0.717, 1.165) is 10.7 Å². The van der Waals surface area contributed by atoms with Crippen molar-refractivity contribution in [2.24, 2.45) is 0 Å². The van der Waals surface area contributed by atoms with Gasteiger partial charge >= 0.3 is 0 Å². The number of amides is 1. The van der Waals surface area contributed by atoms with Crippen LogP contribution in [0, 0.1) is 13.8 Å². The normalized spacial score (nSPS) is 12.0. The molecule has 21 heavy (non-hydrogen) atoms. The van der Waals surface area contributed by atoms with E-state index in [1.165, 1.54) is 18.0 Å². The molecule has 110 valence electrons. The number of anilines is 1. The molecule has 1 N–H and O–H groups in total. The van der Waals surface area contributed by atoms with Crippen molar-refractivity contribution in [3.05, 3.63) is 40.9 Å². The molecule has 0 aliphatic heterocycles. The lowest BCUT2D eigenvalue weighted by Crippen LogP contribution is -2.23. The van der Waals surface area contributed by atoms with Crippen LogP contribution in [0.1, 0.15) is 18.4 Å². The van der Waals surface area contributed by atoms with Gasteiger partial charge in [0, 0.05) is 11.9 Å². The molecule has 1 atom stereocenters. The molecule has 0 fully saturated rings. The second-order valence-corrected chi connectivity index (χ2v) is 6.30. The smallest absolute Gasteiger partial charge is 0.238 e. The van der Waals surface area contributed by atoms with Gasteiger partial charge in [-0.1, -0.05) is 23.4 Å². The molecule has 2 aromatic heterocycles. The second kappa shape index (κ2) is 6.87. The van der Waals surface area contributed by atoms with Gasteiger partial charge in [-0.2, -0.15) is 0 Å². The summed E-state index contributed by atoms with van der Waals surface area (Å²) < 4.78 is 0. The number of halogens is 1. The van der Waals surface area contributed by atoms with E-state index in [-0.39, 0.29) is 11.2 Å². The molecule has 0 aliphatic rings. The third-order valence-electron chi connectivity index (χ3n) is 2.59. The molecule has 2 rings (SSSR count). The van der Waals surface area contributed by atoms with Gasteiger partial charge in [0.05, 0.1) is 10.3 Å². The number of nitrogens with zero attached hydrogens (tertiary/aromatic N) is 3. The Kier molecular flexibility index (Phi) is 5.14. The Labute approximate surface area is 132 Å². The Morgan fingerprint density at radius 3 is 2.71 bits per heavy atom. The first-order chi connectivity index (χ1) is 9.94. The second-order valence-electron chi connectivity index (χ2n) is 4.51. The van der Waals surface area contributed by atoms with Crippen molar-refractivity contribution in [1.82, 2.24) is 15.0 Å². The number of aromatic nitrogens is 3. The Hall–Kier alpha value is -1.66. The van der Waals surface area contributed by atoms with Gasteiger partial charge in [-0.05, 0) is 39.0 Å². The molecule has 0 radical (unpaired) electrons. The fraction of sp³-hybridized carbons (Fsp3) is 0.286. The SMILES string of the molecule is Cc1cc(SC(C)C(=O)Nc2ccc(Cl)cn2)nc(C)n1. The predicted molar refractivity (Wildman–Crippen MR) is 84.7 cm³/mol. The lowest BCUT2D eigenvalue weighted by Gasteiger charge is -2.11. The number of carbonyl (C=O) groups excluding carboxylic acids is 1. The van der Waals surface area contributed by atoms with E-state index in [9.17, 15) is 4.79 Å². The third-order valence-corrected chi connectivity index (χ3v) is 3.83. The number of nitrogens with one attached hydrogen (secondary N) is 1. The van der Waals surface area contributed by atoms with E-state index in [0.29, 0.717) is 16.7 Å². The Morgan fingerprint density at radius 1 is 1.33 bits per heavy atom. The number of pyridine rings is 1. The quantitative estimate of drug-likeness (QED) is 0.691. The fourth-order valence-electron chi connectivity index (χ4n) is 1.66. The number of aryl methyl sites for hydroxylation is 2. The third kappa shape index (κ3) is 4.68. The summed E-state index contributed by atoms with van der Waals surface area (Å²) in [7, 11) is 0. The zero-order valence-electron chi connectivity index (χ0n) is 11.9. The summed E-state index contributed by atoms with van der Waals surface area (Å²) in [6.07, 6.45) is 1.49. The van der Waals surface area contributed by atoms with Crippen LogP contribution in [0.4, 0.5) is 5.82 Å². The Bertz CT molecular complexity index is 628. The van der Waals surface area contributed by atoms with E-state index < -0.39 is 0 Å². The number of hydrogen-bond acceptors (Lipinski definition) is 5. The summed E-state index contributed by atoms with van der Waals surface area (Å²) in [6, 6.07) is 5.21.